The number of anilines is 1. The second kappa shape index (κ2) is 7.61. The minimum atomic E-state index is -0.338. The minimum Gasteiger partial charge on any atom is -0.342 e. The summed E-state index contributed by atoms with van der Waals surface area (Å²) in [4.78, 5) is 26.2. The maximum absolute atomic E-state index is 12.8. The van der Waals surface area contributed by atoms with Crippen LogP contribution in [0.4, 0.5) is 14.9 Å². The van der Waals surface area contributed by atoms with Crippen LogP contribution >= 0.6 is 0 Å². The Bertz CT molecular complexity index is 579. The zero-order valence-electron chi connectivity index (χ0n) is 13.6. The number of nitrogens with one attached hydrogen (secondary N) is 3. The molecule has 2 saturated heterocycles. The highest BCUT2D eigenvalue weighted by atomic mass is 19.1. The number of halogens is 1. The normalized spacial score (nSPS) is 21.5. The van der Waals surface area contributed by atoms with E-state index in [0.717, 1.165) is 32.4 Å². The molecule has 2 aliphatic heterocycles. The molecule has 7 heteroatoms. The van der Waals surface area contributed by atoms with Gasteiger partial charge in [0, 0.05) is 31.4 Å². The summed E-state index contributed by atoms with van der Waals surface area (Å²) in [6, 6.07) is 5.40. The van der Waals surface area contributed by atoms with E-state index in [0.29, 0.717) is 18.8 Å². The van der Waals surface area contributed by atoms with E-state index in [-0.39, 0.29) is 29.7 Å². The van der Waals surface area contributed by atoms with E-state index in [9.17, 15) is 14.0 Å². The minimum absolute atomic E-state index is 0.0520. The molecule has 3 N–H and O–H groups in total. The van der Waals surface area contributed by atoms with Gasteiger partial charge in [0.15, 0.2) is 0 Å². The van der Waals surface area contributed by atoms with Crippen molar-refractivity contribution in [3.63, 3.8) is 0 Å². The summed E-state index contributed by atoms with van der Waals surface area (Å²) in [6.07, 6.45) is 2.42. The smallest absolute Gasteiger partial charge is 0.319 e. The summed E-state index contributed by atoms with van der Waals surface area (Å²) in [7, 11) is 0. The number of rotatable bonds is 3. The van der Waals surface area contributed by atoms with Gasteiger partial charge in [-0.3, -0.25) is 4.79 Å². The van der Waals surface area contributed by atoms with Gasteiger partial charge < -0.3 is 20.9 Å². The molecule has 0 saturated carbocycles. The standard InChI is InChI=1S/C17H23FN4O2/c18-13-1-3-14(4-2-13)20-17(24)21-15-6-9-22(10-7-15)16(23)12-5-8-19-11-12/h1-4,12,15,19H,5-11H2,(H2,20,21,24). The molecule has 2 heterocycles. The molecule has 3 rings (SSSR count). The molecule has 0 radical (unpaired) electrons. The van der Waals surface area contributed by atoms with E-state index >= 15 is 0 Å². The maximum atomic E-state index is 12.8. The van der Waals surface area contributed by atoms with Crippen LogP contribution in [-0.4, -0.2) is 49.1 Å². The number of urea groups is 1. The van der Waals surface area contributed by atoms with Crippen LogP contribution in [0.25, 0.3) is 0 Å². The molecule has 3 amide bonds. The Labute approximate surface area is 140 Å². The van der Waals surface area contributed by atoms with Gasteiger partial charge in [0.1, 0.15) is 5.82 Å². The van der Waals surface area contributed by atoms with Crippen molar-refractivity contribution >= 4 is 17.6 Å². The van der Waals surface area contributed by atoms with Crippen molar-refractivity contribution in [3.8, 4) is 0 Å². The lowest BCUT2D eigenvalue weighted by Crippen LogP contribution is -2.49. The van der Waals surface area contributed by atoms with Crippen LogP contribution in [0.1, 0.15) is 19.3 Å². The highest BCUT2D eigenvalue weighted by Crippen LogP contribution is 2.17. The number of nitrogens with zero attached hydrogens (tertiary/aromatic N) is 1. The third-order valence-electron chi connectivity index (χ3n) is 4.65. The monoisotopic (exact) mass is 334 g/mol. The predicted octanol–water partition coefficient (Wildman–Crippen LogP) is 1.55. The molecule has 1 aromatic rings. The molecule has 1 atom stereocenters. The molecule has 24 heavy (non-hydrogen) atoms. The average Bonchev–Trinajstić information content (AvgIpc) is 3.11. The number of hydrogen-bond donors (Lipinski definition) is 3. The molecular weight excluding hydrogens is 311 g/mol. The third-order valence-corrected chi connectivity index (χ3v) is 4.65. The molecular formula is C17H23FN4O2. The molecule has 2 fully saturated rings. The summed E-state index contributed by atoms with van der Waals surface area (Å²) in [5.74, 6) is 0.000887. The summed E-state index contributed by atoms with van der Waals surface area (Å²) in [6.45, 7) is 3.04. The summed E-state index contributed by atoms with van der Waals surface area (Å²) in [5, 5.41) is 8.82. The zero-order chi connectivity index (χ0) is 16.9. The number of piperidine rings is 1. The fourth-order valence-electron chi connectivity index (χ4n) is 3.25. The van der Waals surface area contributed by atoms with Gasteiger partial charge in [-0.25, -0.2) is 9.18 Å². The number of carbonyl (C=O) groups excluding carboxylic acids is 2. The van der Waals surface area contributed by atoms with Gasteiger partial charge in [0.05, 0.1) is 5.92 Å². The quantitative estimate of drug-likeness (QED) is 0.785. The molecule has 0 spiro atoms. The van der Waals surface area contributed by atoms with Gasteiger partial charge in [-0.1, -0.05) is 0 Å². The Morgan fingerprint density at radius 2 is 1.83 bits per heavy atom. The average molecular weight is 334 g/mol. The van der Waals surface area contributed by atoms with Crippen LogP contribution in [0.2, 0.25) is 0 Å². The van der Waals surface area contributed by atoms with Gasteiger partial charge in [0.2, 0.25) is 5.91 Å². The van der Waals surface area contributed by atoms with Crippen LogP contribution in [0.3, 0.4) is 0 Å². The zero-order valence-corrected chi connectivity index (χ0v) is 13.6. The van der Waals surface area contributed by atoms with Crippen LogP contribution < -0.4 is 16.0 Å². The Morgan fingerprint density at radius 1 is 1.12 bits per heavy atom. The first-order valence-electron chi connectivity index (χ1n) is 8.44. The van der Waals surface area contributed by atoms with Crippen LogP contribution in [-0.2, 0) is 4.79 Å². The van der Waals surface area contributed by atoms with Gasteiger partial charge in [-0.05, 0) is 50.1 Å². The largest absolute Gasteiger partial charge is 0.342 e. The van der Waals surface area contributed by atoms with Crippen LogP contribution in [0, 0.1) is 11.7 Å². The first-order chi connectivity index (χ1) is 11.6. The fourth-order valence-corrected chi connectivity index (χ4v) is 3.25. The summed E-state index contributed by atoms with van der Waals surface area (Å²) >= 11 is 0. The van der Waals surface area contributed by atoms with Gasteiger partial charge in [0.25, 0.3) is 0 Å². The second-order valence-electron chi connectivity index (χ2n) is 6.39. The van der Waals surface area contributed by atoms with Gasteiger partial charge >= 0.3 is 6.03 Å². The van der Waals surface area contributed by atoms with E-state index < -0.39 is 0 Å². The van der Waals surface area contributed by atoms with E-state index in [2.05, 4.69) is 16.0 Å². The molecule has 2 aliphatic rings. The van der Waals surface area contributed by atoms with Crippen molar-refractivity contribution in [1.29, 1.82) is 0 Å². The van der Waals surface area contributed by atoms with E-state index in [1.807, 2.05) is 4.90 Å². The summed E-state index contributed by atoms with van der Waals surface area (Å²) in [5.41, 5.74) is 0.551. The lowest BCUT2D eigenvalue weighted by molar-refractivity contribution is -0.136. The molecule has 0 aliphatic carbocycles. The van der Waals surface area contributed by atoms with Crippen molar-refractivity contribution in [2.75, 3.05) is 31.5 Å². The Balaban J connectivity index is 1.42. The third kappa shape index (κ3) is 4.23. The first-order valence-corrected chi connectivity index (χ1v) is 8.44. The molecule has 0 bridgehead atoms. The number of likely N-dealkylation sites (tertiary alicyclic amines) is 1. The molecule has 1 aromatic carbocycles. The lowest BCUT2D eigenvalue weighted by Gasteiger charge is -2.33. The van der Waals surface area contributed by atoms with Crippen LogP contribution in [0.15, 0.2) is 24.3 Å². The van der Waals surface area contributed by atoms with E-state index in [1.165, 1.54) is 24.3 Å². The Morgan fingerprint density at radius 3 is 2.46 bits per heavy atom. The van der Waals surface area contributed by atoms with Crippen LogP contribution in [0.5, 0.6) is 0 Å². The SMILES string of the molecule is O=C(Nc1ccc(F)cc1)NC1CCN(C(=O)C2CCNC2)CC1. The number of benzene rings is 1. The van der Waals surface area contributed by atoms with Crippen molar-refractivity contribution in [2.24, 2.45) is 5.92 Å². The molecule has 6 nitrogen and oxygen atoms in total. The topological polar surface area (TPSA) is 73.5 Å². The highest BCUT2D eigenvalue weighted by molar-refractivity contribution is 5.89. The van der Waals surface area contributed by atoms with E-state index in [4.69, 9.17) is 0 Å². The van der Waals surface area contributed by atoms with Crippen molar-refractivity contribution in [2.45, 2.75) is 25.3 Å². The first kappa shape index (κ1) is 16.7. The Kier molecular flexibility index (Phi) is 5.30. The van der Waals surface area contributed by atoms with Crippen molar-refractivity contribution < 1.29 is 14.0 Å². The highest BCUT2D eigenvalue weighted by Gasteiger charge is 2.30. The second-order valence-corrected chi connectivity index (χ2v) is 6.39. The van der Waals surface area contributed by atoms with Gasteiger partial charge in [-0.15, -0.1) is 0 Å². The summed E-state index contributed by atoms with van der Waals surface area (Å²) < 4.78 is 12.8. The molecule has 130 valence electrons. The van der Waals surface area contributed by atoms with Crippen molar-refractivity contribution in [1.82, 2.24) is 15.5 Å². The van der Waals surface area contributed by atoms with Crippen molar-refractivity contribution in [3.05, 3.63) is 30.1 Å². The fraction of sp³-hybridized carbons (Fsp3) is 0.529. The van der Waals surface area contributed by atoms with E-state index in [1.54, 1.807) is 0 Å². The maximum Gasteiger partial charge on any atom is 0.319 e. The number of amides is 3. The number of carbonyl (C=O) groups is 2. The molecule has 0 aromatic heterocycles. The lowest BCUT2D eigenvalue weighted by atomic mass is 10.0. The predicted molar refractivity (Wildman–Crippen MR) is 89.1 cm³/mol. The Hall–Kier alpha value is -2.15. The van der Waals surface area contributed by atoms with Gasteiger partial charge in [-0.2, -0.15) is 0 Å². The number of hydrogen-bond acceptors (Lipinski definition) is 3. The molecule has 1 unspecified atom stereocenters.